The molecule has 5 heteroatoms. The molecule has 148 valence electrons. The molecule has 1 aromatic carbocycles. The van der Waals surface area contributed by atoms with Crippen molar-refractivity contribution in [2.75, 3.05) is 11.9 Å². The molecule has 0 radical (unpaired) electrons. The molecule has 1 saturated carbocycles. The first kappa shape index (κ1) is 19.2. The van der Waals surface area contributed by atoms with Crippen LogP contribution in [-0.4, -0.2) is 22.6 Å². The van der Waals surface area contributed by atoms with Gasteiger partial charge in [0.25, 0.3) is 0 Å². The molecule has 4 rings (SSSR count). The number of benzene rings is 1. The molecule has 1 aliphatic carbocycles. The van der Waals surface area contributed by atoms with Crippen LogP contribution in [0.25, 0.3) is 21.3 Å². The van der Waals surface area contributed by atoms with Crippen LogP contribution >= 0.6 is 11.3 Å². The first-order chi connectivity index (χ1) is 13.7. The molecule has 0 atom stereocenters. The van der Waals surface area contributed by atoms with Crippen molar-refractivity contribution in [2.45, 2.75) is 65.3 Å². The summed E-state index contributed by atoms with van der Waals surface area (Å²) in [5.74, 6) is 2.75. The Morgan fingerprint density at radius 1 is 1.04 bits per heavy atom. The number of hydrogen-bond acceptors (Lipinski definition) is 5. The summed E-state index contributed by atoms with van der Waals surface area (Å²) in [6, 6.07) is 8.90. The van der Waals surface area contributed by atoms with E-state index in [0.717, 1.165) is 22.2 Å². The van der Waals surface area contributed by atoms with Gasteiger partial charge in [-0.1, -0.05) is 37.8 Å². The van der Waals surface area contributed by atoms with Gasteiger partial charge in [-0.05, 0) is 51.3 Å². The summed E-state index contributed by atoms with van der Waals surface area (Å²) < 4.78 is 5.61. The number of fused-ring (bicyclic) bond motifs is 1. The maximum absolute atomic E-state index is 5.61. The number of thiophene rings is 1. The molecule has 2 aromatic heterocycles. The fourth-order valence-corrected chi connectivity index (χ4v) is 5.26. The van der Waals surface area contributed by atoms with Gasteiger partial charge in [0.1, 0.15) is 22.2 Å². The van der Waals surface area contributed by atoms with Crippen molar-refractivity contribution in [1.29, 1.82) is 0 Å². The second-order valence-corrected chi connectivity index (χ2v) is 8.83. The van der Waals surface area contributed by atoms with Crippen LogP contribution in [0.5, 0.6) is 5.75 Å². The Bertz CT molecular complexity index is 941. The maximum Gasteiger partial charge on any atom is 0.139 e. The highest BCUT2D eigenvalue weighted by molar-refractivity contribution is 7.19. The minimum absolute atomic E-state index is 0.508. The Kier molecular flexibility index (Phi) is 5.81. The number of anilines is 1. The highest BCUT2D eigenvalue weighted by Crippen LogP contribution is 2.41. The second-order valence-electron chi connectivity index (χ2n) is 7.62. The van der Waals surface area contributed by atoms with Gasteiger partial charge in [-0.2, -0.15) is 0 Å². The lowest BCUT2D eigenvalue weighted by atomic mass is 10.0. The molecular weight excluding hydrogens is 366 g/mol. The number of aryl methyl sites for hydroxylation is 2. The van der Waals surface area contributed by atoms with E-state index in [4.69, 9.17) is 14.7 Å². The third-order valence-electron chi connectivity index (χ3n) is 5.49. The van der Waals surface area contributed by atoms with E-state index in [2.05, 4.69) is 36.5 Å². The maximum atomic E-state index is 5.61. The Morgan fingerprint density at radius 3 is 2.43 bits per heavy atom. The van der Waals surface area contributed by atoms with Gasteiger partial charge >= 0.3 is 0 Å². The van der Waals surface area contributed by atoms with Gasteiger partial charge in [-0.3, -0.25) is 0 Å². The van der Waals surface area contributed by atoms with Crippen LogP contribution < -0.4 is 10.1 Å². The van der Waals surface area contributed by atoms with E-state index in [9.17, 15) is 0 Å². The zero-order chi connectivity index (χ0) is 19.5. The van der Waals surface area contributed by atoms with Crippen LogP contribution in [0.4, 0.5) is 5.82 Å². The lowest BCUT2D eigenvalue weighted by Gasteiger charge is -2.18. The smallest absolute Gasteiger partial charge is 0.139 e. The van der Waals surface area contributed by atoms with E-state index in [0.29, 0.717) is 12.6 Å². The van der Waals surface area contributed by atoms with Crippen molar-refractivity contribution in [1.82, 2.24) is 9.97 Å². The Morgan fingerprint density at radius 2 is 1.75 bits per heavy atom. The number of rotatable bonds is 5. The molecular formula is C23H29N3OS. The van der Waals surface area contributed by atoms with Crippen molar-refractivity contribution < 1.29 is 4.74 Å². The van der Waals surface area contributed by atoms with Gasteiger partial charge in [-0.25, -0.2) is 9.97 Å². The topological polar surface area (TPSA) is 47.0 Å². The van der Waals surface area contributed by atoms with Crippen molar-refractivity contribution in [3.63, 3.8) is 0 Å². The number of nitrogens with one attached hydrogen (secondary N) is 1. The SMILES string of the molecule is CCOc1ccc(-c2c(C)sc3nc(C)nc(NC4CCCCCC4)c23)cc1. The molecule has 0 bridgehead atoms. The summed E-state index contributed by atoms with van der Waals surface area (Å²) in [7, 11) is 0. The molecule has 0 saturated heterocycles. The Labute approximate surface area is 171 Å². The average molecular weight is 396 g/mol. The zero-order valence-corrected chi connectivity index (χ0v) is 17.9. The zero-order valence-electron chi connectivity index (χ0n) is 17.0. The summed E-state index contributed by atoms with van der Waals surface area (Å²) in [6.45, 7) is 6.87. The van der Waals surface area contributed by atoms with E-state index in [1.54, 1.807) is 11.3 Å². The minimum atomic E-state index is 0.508. The number of ether oxygens (including phenoxy) is 1. The summed E-state index contributed by atoms with van der Waals surface area (Å²) in [5.41, 5.74) is 2.45. The first-order valence-corrected chi connectivity index (χ1v) is 11.2. The molecule has 1 fully saturated rings. The third kappa shape index (κ3) is 4.00. The molecule has 0 aliphatic heterocycles. The molecule has 0 amide bonds. The van der Waals surface area contributed by atoms with Gasteiger partial charge in [0.2, 0.25) is 0 Å². The lowest BCUT2D eigenvalue weighted by Crippen LogP contribution is -2.19. The van der Waals surface area contributed by atoms with Gasteiger partial charge in [0.15, 0.2) is 0 Å². The van der Waals surface area contributed by atoms with Crippen LogP contribution in [0.15, 0.2) is 24.3 Å². The Hall–Kier alpha value is -2.14. The minimum Gasteiger partial charge on any atom is -0.494 e. The number of nitrogens with zero attached hydrogens (tertiary/aromatic N) is 2. The largest absolute Gasteiger partial charge is 0.494 e. The summed E-state index contributed by atoms with van der Waals surface area (Å²) in [6.07, 6.45) is 7.77. The normalized spacial score (nSPS) is 15.5. The van der Waals surface area contributed by atoms with Crippen LogP contribution in [0.1, 0.15) is 56.2 Å². The standard InChI is InChI=1S/C23H29N3OS/c1-4-27-19-13-11-17(12-14-19)20-15(2)28-23-21(20)22(24-16(3)25-23)26-18-9-7-5-6-8-10-18/h11-14,18H,4-10H2,1-3H3,(H,24,25,26). The second kappa shape index (κ2) is 8.48. The van der Waals surface area contributed by atoms with Crippen molar-refractivity contribution >= 4 is 27.4 Å². The van der Waals surface area contributed by atoms with E-state index < -0.39 is 0 Å². The molecule has 1 N–H and O–H groups in total. The van der Waals surface area contributed by atoms with Crippen LogP contribution in [0.3, 0.4) is 0 Å². The van der Waals surface area contributed by atoms with Crippen LogP contribution in [0.2, 0.25) is 0 Å². The van der Waals surface area contributed by atoms with E-state index in [-0.39, 0.29) is 0 Å². The molecule has 3 aromatic rings. The predicted molar refractivity (Wildman–Crippen MR) is 119 cm³/mol. The average Bonchev–Trinajstić information content (AvgIpc) is 2.83. The van der Waals surface area contributed by atoms with Crippen molar-refractivity contribution in [2.24, 2.45) is 0 Å². The third-order valence-corrected chi connectivity index (χ3v) is 6.49. The molecule has 1 aliphatic rings. The van der Waals surface area contributed by atoms with Crippen molar-refractivity contribution in [3.05, 3.63) is 35.0 Å². The summed E-state index contributed by atoms with van der Waals surface area (Å²) in [5, 5.41) is 4.96. The van der Waals surface area contributed by atoms with E-state index >= 15 is 0 Å². The van der Waals surface area contributed by atoms with E-state index in [1.165, 1.54) is 59.9 Å². The highest BCUT2D eigenvalue weighted by atomic mass is 32.1. The summed E-state index contributed by atoms with van der Waals surface area (Å²) >= 11 is 1.76. The molecule has 28 heavy (non-hydrogen) atoms. The first-order valence-electron chi connectivity index (χ1n) is 10.4. The molecule has 0 unspecified atom stereocenters. The monoisotopic (exact) mass is 395 g/mol. The fourth-order valence-electron chi connectivity index (χ4n) is 4.17. The van der Waals surface area contributed by atoms with Gasteiger partial charge in [0, 0.05) is 16.5 Å². The van der Waals surface area contributed by atoms with Gasteiger partial charge in [0.05, 0.1) is 12.0 Å². The predicted octanol–water partition coefficient (Wildman–Crippen LogP) is 6.51. The van der Waals surface area contributed by atoms with Crippen LogP contribution in [0, 0.1) is 13.8 Å². The molecule has 2 heterocycles. The number of hydrogen-bond donors (Lipinski definition) is 1. The summed E-state index contributed by atoms with van der Waals surface area (Å²) in [4.78, 5) is 11.9. The molecule has 4 nitrogen and oxygen atoms in total. The molecule has 0 spiro atoms. The quantitative estimate of drug-likeness (QED) is 0.500. The Balaban J connectivity index is 1.77. The van der Waals surface area contributed by atoms with Crippen molar-refractivity contribution in [3.8, 4) is 16.9 Å². The van der Waals surface area contributed by atoms with E-state index in [1.807, 2.05) is 13.8 Å². The number of aromatic nitrogens is 2. The van der Waals surface area contributed by atoms with Gasteiger partial charge < -0.3 is 10.1 Å². The van der Waals surface area contributed by atoms with Gasteiger partial charge in [-0.15, -0.1) is 11.3 Å². The van der Waals surface area contributed by atoms with Crippen LogP contribution in [-0.2, 0) is 0 Å². The lowest BCUT2D eigenvalue weighted by molar-refractivity contribution is 0.340. The fraction of sp³-hybridized carbons (Fsp3) is 0.478. The highest BCUT2D eigenvalue weighted by Gasteiger charge is 2.20.